The average Bonchev–Trinajstić information content (AvgIpc) is 2.62. The molecule has 1 fully saturated rings. The number of morpholine rings is 1. The van der Waals surface area contributed by atoms with E-state index in [1.54, 1.807) is 6.20 Å². The molecule has 0 bridgehead atoms. The summed E-state index contributed by atoms with van der Waals surface area (Å²) < 4.78 is 11.3. The molecule has 1 aromatic heterocycles. The summed E-state index contributed by atoms with van der Waals surface area (Å²) in [6.07, 6.45) is 2.03. The number of carbonyl (C=O) groups excluding carboxylic acids is 1. The molecular weight excluding hydrogens is 342 g/mol. The van der Waals surface area contributed by atoms with Gasteiger partial charge in [0.2, 0.25) is 0 Å². The van der Waals surface area contributed by atoms with Gasteiger partial charge in [0.1, 0.15) is 11.6 Å². The SMILES string of the molecule is Cc1ccc(OCC(=O)Nc2ccc(N3CC(C)OC(C)C3)nc2)cc1C. The Balaban J connectivity index is 1.53. The highest BCUT2D eigenvalue weighted by Gasteiger charge is 2.23. The van der Waals surface area contributed by atoms with E-state index < -0.39 is 0 Å². The maximum atomic E-state index is 12.1. The molecule has 1 N–H and O–H groups in total. The summed E-state index contributed by atoms with van der Waals surface area (Å²) in [4.78, 5) is 18.8. The number of pyridine rings is 1. The number of ether oxygens (including phenoxy) is 2. The van der Waals surface area contributed by atoms with Gasteiger partial charge in [-0.2, -0.15) is 0 Å². The van der Waals surface area contributed by atoms with Gasteiger partial charge in [-0.25, -0.2) is 4.98 Å². The Hall–Kier alpha value is -2.60. The van der Waals surface area contributed by atoms with Crippen LogP contribution in [0, 0.1) is 13.8 Å². The minimum Gasteiger partial charge on any atom is -0.484 e. The lowest BCUT2D eigenvalue weighted by atomic mass is 10.1. The smallest absolute Gasteiger partial charge is 0.262 e. The second-order valence-corrected chi connectivity index (χ2v) is 7.15. The van der Waals surface area contributed by atoms with E-state index in [-0.39, 0.29) is 24.7 Å². The second kappa shape index (κ2) is 8.39. The number of nitrogens with zero attached hydrogens (tertiary/aromatic N) is 2. The summed E-state index contributed by atoms with van der Waals surface area (Å²) in [5, 5.41) is 2.82. The van der Waals surface area contributed by atoms with Crippen molar-refractivity contribution in [2.45, 2.75) is 39.9 Å². The van der Waals surface area contributed by atoms with Crippen molar-refractivity contribution in [3.63, 3.8) is 0 Å². The third kappa shape index (κ3) is 5.20. The van der Waals surface area contributed by atoms with Gasteiger partial charge in [-0.05, 0) is 63.1 Å². The third-order valence-electron chi connectivity index (χ3n) is 4.62. The average molecular weight is 369 g/mol. The highest BCUT2D eigenvalue weighted by atomic mass is 16.5. The van der Waals surface area contributed by atoms with Crippen molar-refractivity contribution in [2.75, 3.05) is 29.9 Å². The molecule has 1 aromatic carbocycles. The lowest BCUT2D eigenvalue weighted by Crippen LogP contribution is -2.45. The summed E-state index contributed by atoms with van der Waals surface area (Å²) in [5.74, 6) is 1.37. The Bertz CT molecular complexity index is 782. The van der Waals surface area contributed by atoms with Gasteiger partial charge in [-0.3, -0.25) is 4.79 Å². The van der Waals surface area contributed by atoms with Crippen molar-refractivity contribution in [1.29, 1.82) is 0 Å². The van der Waals surface area contributed by atoms with Crippen molar-refractivity contribution < 1.29 is 14.3 Å². The van der Waals surface area contributed by atoms with Crippen LogP contribution in [0.1, 0.15) is 25.0 Å². The monoisotopic (exact) mass is 369 g/mol. The number of carbonyl (C=O) groups is 1. The summed E-state index contributed by atoms with van der Waals surface area (Å²) in [5.41, 5.74) is 2.99. The van der Waals surface area contributed by atoms with E-state index in [4.69, 9.17) is 9.47 Å². The first-order valence-electron chi connectivity index (χ1n) is 9.27. The predicted molar refractivity (Wildman–Crippen MR) is 106 cm³/mol. The number of aryl methyl sites for hydroxylation is 2. The zero-order valence-electron chi connectivity index (χ0n) is 16.4. The van der Waals surface area contributed by atoms with Crippen LogP contribution < -0.4 is 15.0 Å². The number of hydrogen-bond acceptors (Lipinski definition) is 5. The van der Waals surface area contributed by atoms with E-state index in [0.717, 1.165) is 24.5 Å². The number of amides is 1. The minimum absolute atomic E-state index is 0.0389. The van der Waals surface area contributed by atoms with Crippen molar-refractivity contribution in [3.8, 4) is 5.75 Å². The van der Waals surface area contributed by atoms with Crippen LogP contribution in [0.5, 0.6) is 5.75 Å². The van der Waals surface area contributed by atoms with Crippen LogP contribution in [0.3, 0.4) is 0 Å². The summed E-state index contributed by atoms with van der Waals surface area (Å²) >= 11 is 0. The van der Waals surface area contributed by atoms with Crippen molar-refractivity contribution in [1.82, 2.24) is 4.98 Å². The zero-order valence-corrected chi connectivity index (χ0v) is 16.4. The van der Waals surface area contributed by atoms with E-state index in [1.165, 1.54) is 5.56 Å². The Morgan fingerprint density at radius 3 is 2.56 bits per heavy atom. The highest BCUT2D eigenvalue weighted by molar-refractivity contribution is 5.91. The molecule has 0 saturated carbocycles. The molecule has 0 radical (unpaired) electrons. The molecular formula is C21H27N3O3. The molecule has 3 rings (SSSR count). The van der Waals surface area contributed by atoms with Gasteiger partial charge in [0.15, 0.2) is 6.61 Å². The maximum absolute atomic E-state index is 12.1. The number of benzene rings is 1. The molecule has 2 heterocycles. The molecule has 1 saturated heterocycles. The summed E-state index contributed by atoms with van der Waals surface area (Å²) in [6.45, 7) is 9.77. The van der Waals surface area contributed by atoms with Crippen LogP contribution in [0.2, 0.25) is 0 Å². The number of rotatable bonds is 5. The van der Waals surface area contributed by atoms with Crippen LogP contribution >= 0.6 is 0 Å². The number of hydrogen-bond donors (Lipinski definition) is 1. The first-order chi connectivity index (χ1) is 12.9. The largest absolute Gasteiger partial charge is 0.484 e. The molecule has 1 aliphatic heterocycles. The Morgan fingerprint density at radius 2 is 1.93 bits per heavy atom. The van der Waals surface area contributed by atoms with E-state index >= 15 is 0 Å². The minimum atomic E-state index is -0.212. The van der Waals surface area contributed by atoms with Crippen LogP contribution in [0.15, 0.2) is 36.5 Å². The molecule has 2 aromatic rings. The molecule has 27 heavy (non-hydrogen) atoms. The Morgan fingerprint density at radius 1 is 1.19 bits per heavy atom. The molecule has 1 aliphatic rings. The lowest BCUT2D eigenvalue weighted by Gasteiger charge is -2.36. The molecule has 6 heteroatoms. The molecule has 0 aliphatic carbocycles. The highest BCUT2D eigenvalue weighted by Crippen LogP contribution is 2.20. The van der Waals surface area contributed by atoms with Gasteiger partial charge < -0.3 is 19.7 Å². The Kier molecular flexibility index (Phi) is 5.96. The second-order valence-electron chi connectivity index (χ2n) is 7.15. The molecule has 2 unspecified atom stereocenters. The molecule has 1 amide bonds. The van der Waals surface area contributed by atoms with Gasteiger partial charge in [0.05, 0.1) is 24.1 Å². The van der Waals surface area contributed by atoms with Gasteiger partial charge in [-0.1, -0.05) is 6.07 Å². The fourth-order valence-corrected chi connectivity index (χ4v) is 3.16. The van der Waals surface area contributed by atoms with Crippen LogP contribution in [0.25, 0.3) is 0 Å². The van der Waals surface area contributed by atoms with Crippen molar-refractivity contribution in [2.24, 2.45) is 0 Å². The van der Waals surface area contributed by atoms with Gasteiger partial charge >= 0.3 is 0 Å². The lowest BCUT2D eigenvalue weighted by molar-refractivity contribution is -0.118. The van der Waals surface area contributed by atoms with Crippen LogP contribution in [-0.4, -0.2) is 42.8 Å². The van der Waals surface area contributed by atoms with Crippen molar-refractivity contribution >= 4 is 17.4 Å². The van der Waals surface area contributed by atoms with E-state index in [2.05, 4.69) is 29.0 Å². The summed E-state index contributed by atoms with van der Waals surface area (Å²) in [7, 11) is 0. The number of anilines is 2. The van der Waals surface area contributed by atoms with E-state index in [1.807, 2.05) is 44.2 Å². The van der Waals surface area contributed by atoms with E-state index in [0.29, 0.717) is 11.4 Å². The van der Waals surface area contributed by atoms with Crippen LogP contribution in [-0.2, 0) is 9.53 Å². The fourth-order valence-electron chi connectivity index (χ4n) is 3.16. The number of nitrogens with one attached hydrogen (secondary N) is 1. The molecule has 0 spiro atoms. The third-order valence-corrected chi connectivity index (χ3v) is 4.62. The maximum Gasteiger partial charge on any atom is 0.262 e. The first kappa shape index (κ1) is 19.2. The Labute approximate surface area is 160 Å². The van der Waals surface area contributed by atoms with Crippen LogP contribution in [0.4, 0.5) is 11.5 Å². The predicted octanol–water partition coefficient (Wildman–Crippen LogP) is 3.33. The summed E-state index contributed by atoms with van der Waals surface area (Å²) in [6, 6.07) is 9.57. The molecule has 144 valence electrons. The van der Waals surface area contributed by atoms with E-state index in [9.17, 15) is 4.79 Å². The number of aromatic nitrogens is 1. The first-order valence-corrected chi connectivity index (χ1v) is 9.27. The zero-order chi connectivity index (χ0) is 19.4. The van der Waals surface area contributed by atoms with Gasteiger partial charge in [0.25, 0.3) is 5.91 Å². The standard InChI is InChI=1S/C21H27N3O3/c1-14-5-7-19(9-15(14)2)26-13-21(25)23-18-6-8-20(22-10-18)24-11-16(3)27-17(4)12-24/h5-10,16-17H,11-13H2,1-4H3,(H,23,25). The van der Waals surface area contributed by atoms with Gasteiger partial charge in [-0.15, -0.1) is 0 Å². The molecule has 2 atom stereocenters. The normalized spacial score (nSPS) is 19.6. The van der Waals surface area contributed by atoms with Crippen molar-refractivity contribution in [3.05, 3.63) is 47.7 Å². The van der Waals surface area contributed by atoms with Gasteiger partial charge in [0, 0.05) is 13.1 Å². The quantitative estimate of drug-likeness (QED) is 0.876. The topological polar surface area (TPSA) is 63.7 Å². The molecule has 6 nitrogen and oxygen atoms in total. The fraction of sp³-hybridized carbons (Fsp3) is 0.429.